The van der Waals surface area contributed by atoms with E-state index >= 15 is 0 Å². The summed E-state index contributed by atoms with van der Waals surface area (Å²) in [6.45, 7) is -0.478. The summed E-state index contributed by atoms with van der Waals surface area (Å²) in [5.41, 5.74) is 1.97. The second-order valence-electron chi connectivity index (χ2n) is 4.70. The monoisotopic (exact) mass is 338 g/mol. The minimum absolute atomic E-state index is 0.0671. The van der Waals surface area contributed by atoms with Crippen molar-refractivity contribution in [1.29, 1.82) is 0 Å². The van der Waals surface area contributed by atoms with Crippen molar-refractivity contribution in [2.45, 2.75) is 6.18 Å². The molecule has 0 aliphatic carbocycles. The van der Waals surface area contributed by atoms with Gasteiger partial charge in [-0.05, 0) is 48.0 Å². The van der Waals surface area contributed by atoms with Gasteiger partial charge < -0.3 is 9.84 Å². The lowest BCUT2D eigenvalue weighted by atomic mass is 10.2. The second kappa shape index (κ2) is 7.49. The van der Waals surface area contributed by atoms with E-state index in [0.717, 1.165) is 12.1 Å². The Bertz CT molecular complexity index is 728. The third-order valence-corrected chi connectivity index (χ3v) is 2.83. The van der Waals surface area contributed by atoms with Crippen LogP contribution in [0.5, 0.6) is 11.5 Å². The molecule has 0 heterocycles. The van der Waals surface area contributed by atoms with Gasteiger partial charge in [0.25, 0.3) is 5.91 Å². The van der Waals surface area contributed by atoms with Gasteiger partial charge in [-0.3, -0.25) is 4.79 Å². The lowest BCUT2D eigenvalue weighted by Gasteiger charge is -2.09. The van der Waals surface area contributed by atoms with Gasteiger partial charge >= 0.3 is 6.18 Å². The maximum Gasteiger partial charge on any atom is 0.416 e. The summed E-state index contributed by atoms with van der Waals surface area (Å²) in [4.78, 5) is 11.5. The van der Waals surface area contributed by atoms with Crippen LogP contribution in [-0.2, 0) is 11.0 Å². The quantitative estimate of drug-likeness (QED) is 0.650. The van der Waals surface area contributed by atoms with Gasteiger partial charge in [0, 0.05) is 0 Å². The Hall–Kier alpha value is -3.03. The number of hydrogen-bond donors (Lipinski definition) is 2. The first kappa shape index (κ1) is 17.3. The molecule has 0 bridgehead atoms. The Labute approximate surface area is 135 Å². The van der Waals surface area contributed by atoms with Crippen molar-refractivity contribution in [2.24, 2.45) is 5.10 Å². The van der Waals surface area contributed by atoms with Crippen molar-refractivity contribution in [1.82, 2.24) is 5.43 Å². The molecule has 24 heavy (non-hydrogen) atoms. The standard InChI is InChI=1S/C16H13F3N2O3/c17-16(18,19)12-2-1-3-14(8-12)24-10-15(23)21-20-9-11-4-6-13(22)7-5-11/h1-9,22H,10H2,(H,21,23). The van der Waals surface area contributed by atoms with Crippen LogP contribution in [0.25, 0.3) is 0 Å². The highest BCUT2D eigenvalue weighted by molar-refractivity contribution is 5.83. The van der Waals surface area contributed by atoms with E-state index in [0.29, 0.717) is 5.56 Å². The lowest BCUT2D eigenvalue weighted by Crippen LogP contribution is -2.24. The molecule has 0 spiro atoms. The summed E-state index contributed by atoms with van der Waals surface area (Å²) < 4.78 is 42.7. The van der Waals surface area contributed by atoms with Gasteiger partial charge in [0.1, 0.15) is 11.5 Å². The number of hydrazone groups is 1. The van der Waals surface area contributed by atoms with Gasteiger partial charge in [-0.1, -0.05) is 6.07 Å². The third kappa shape index (κ3) is 5.31. The molecule has 1 amide bonds. The number of benzene rings is 2. The number of ether oxygens (including phenoxy) is 1. The zero-order valence-corrected chi connectivity index (χ0v) is 12.2. The molecule has 2 N–H and O–H groups in total. The summed E-state index contributed by atoms with van der Waals surface area (Å²) in [5, 5.41) is 12.8. The molecule has 0 fully saturated rings. The number of alkyl halides is 3. The van der Waals surface area contributed by atoms with Crippen LogP contribution in [-0.4, -0.2) is 23.8 Å². The summed E-state index contributed by atoms with van der Waals surface area (Å²) in [7, 11) is 0. The normalized spacial score (nSPS) is 11.5. The average molecular weight is 338 g/mol. The highest BCUT2D eigenvalue weighted by Crippen LogP contribution is 2.31. The molecule has 0 saturated heterocycles. The number of carbonyl (C=O) groups is 1. The highest BCUT2D eigenvalue weighted by atomic mass is 19.4. The SMILES string of the molecule is O=C(COc1cccc(C(F)(F)F)c1)NN=Cc1ccc(O)cc1. The topological polar surface area (TPSA) is 70.9 Å². The third-order valence-electron chi connectivity index (χ3n) is 2.83. The van der Waals surface area contributed by atoms with Crippen LogP contribution in [0.2, 0.25) is 0 Å². The van der Waals surface area contributed by atoms with Crippen molar-refractivity contribution < 1.29 is 27.8 Å². The predicted molar refractivity (Wildman–Crippen MR) is 80.8 cm³/mol. The molecule has 2 aromatic rings. The van der Waals surface area contributed by atoms with Crippen LogP contribution >= 0.6 is 0 Å². The number of rotatable bonds is 5. The van der Waals surface area contributed by atoms with Gasteiger partial charge in [-0.2, -0.15) is 18.3 Å². The first-order chi connectivity index (χ1) is 11.3. The molecule has 2 rings (SSSR count). The largest absolute Gasteiger partial charge is 0.508 e. The molecule has 0 aliphatic rings. The molecule has 0 radical (unpaired) electrons. The average Bonchev–Trinajstić information content (AvgIpc) is 2.54. The van der Waals surface area contributed by atoms with E-state index in [2.05, 4.69) is 10.5 Å². The van der Waals surface area contributed by atoms with Gasteiger partial charge in [0.05, 0.1) is 11.8 Å². The number of aromatic hydroxyl groups is 1. The Balaban J connectivity index is 1.84. The number of phenolic OH excluding ortho intramolecular Hbond substituents is 1. The number of halogens is 3. The van der Waals surface area contributed by atoms with Crippen LogP contribution in [0.1, 0.15) is 11.1 Å². The van der Waals surface area contributed by atoms with Crippen molar-refractivity contribution in [3.8, 4) is 11.5 Å². The number of carbonyl (C=O) groups excluding carboxylic acids is 1. The van der Waals surface area contributed by atoms with Gasteiger partial charge in [-0.25, -0.2) is 5.43 Å². The Morgan fingerprint density at radius 2 is 1.92 bits per heavy atom. The van der Waals surface area contributed by atoms with E-state index in [9.17, 15) is 18.0 Å². The first-order valence-electron chi connectivity index (χ1n) is 6.75. The second-order valence-corrected chi connectivity index (χ2v) is 4.70. The number of nitrogens with zero attached hydrogens (tertiary/aromatic N) is 1. The minimum Gasteiger partial charge on any atom is -0.508 e. The molecule has 0 saturated carbocycles. The van der Waals surface area contributed by atoms with Crippen LogP contribution in [0, 0.1) is 0 Å². The van der Waals surface area contributed by atoms with E-state index in [1.165, 1.54) is 30.5 Å². The molecular formula is C16H13F3N2O3. The van der Waals surface area contributed by atoms with Crippen LogP contribution < -0.4 is 10.2 Å². The van der Waals surface area contributed by atoms with E-state index < -0.39 is 24.3 Å². The maximum atomic E-state index is 12.5. The summed E-state index contributed by atoms with van der Waals surface area (Å²) in [6, 6.07) is 10.3. The van der Waals surface area contributed by atoms with Crippen LogP contribution in [0.15, 0.2) is 53.6 Å². The van der Waals surface area contributed by atoms with E-state index in [1.54, 1.807) is 12.1 Å². The minimum atomic E-state index is -4.48. The zero-order chi connectivity index (χ0) is 17.6. The summed E-state index contributed by atoms with van der Waals surface area (Å²) >= 11 is 0. The fraction of sp³-hybridized carbons (Fsp3) is 0.125. The molecule has 8 heteroatoms. The first-order valence-corrected chi connectivity index (χ1v) is 6.75. The molecule has 2 aromatic carbocycles. The number of nitrogens with one attached hydrogen (secondary N) is 1. The van der Waals surface area contributed by atoms with Crippen LogP contribution in [0.4, 0.5) is 13.2 Å². The molecule has 0 aromatic heterocycles. The van der Waals surface area contributed by atoms with E-state index in [1.807, 2.05) is 0 Å². The van der Waals surface area contributed by atoms with Crippen molar-refractivity contribution in [2.75, 3.05) is 6.61 Å². The molecule has 5 nitrogen and oxygen atoms in total. The van der Waals surface area contributed by atoms with Crippen molar-refractivity contribution in [3.05, 3.63) is 59.7 Å². The Kier molecular flexibility index (Phi) is 5.41. The maximum absolute atomic E-state index is 12.5. The fourth-order valence-electron chi connectivity index (χ4n) is 1.68. The summed E-state index contributed by atoms with van der Waals surface area (Å²) in [5.74, 6) is -0.587. The fourth-order valence-corrected chi connectivity index (χ4v) is 1.68. The molecule has 126 valence electrons. The zero-order valence-electron chi connectivity index (χ0n) is 12.2. The highest BCUT2D eigenvalue weighted by Gasteiger charge is 2.30. The smallest absolute Gasteiger partial charge is 0.416 e. The number of amides is 1. The molecule has 0 aliphatic heterocycles. The van der Waals surface area contributed by atoms with Crippen molar-refractivity contribution >= 4 is 12.1 Å². The van der Waals surface area contributed by atoms with Crippen molar-refractivity contribution in [3.63, 3.8) is 0 Å². The number of hydrogen-bond acceptors (Lipinski definition) is 4. The van der Waals surface area contributed by atoms with Gasteiger partial charge in [0.2, 0.25) is 0 Å². The van der Waals surface area contributed by atoms with Gasteiger partial charge in [0.15, 0.2) is 6.61 Å². The van der Waals surface area contributed by atoms with Crippen LogP contribution in [0.3, 0.4) is 0 Å². The van der Waals surface area contributed by atoms with E-state index in [4.69, 9.17) is 9.84 Å². The van der Waals surface area contributed by atoms with E-state index in [-0.39, 0.29) is 11.5 Å². The molecular weight excluding hydrogens is 325 g/mol. The molecule has 0 unspecified atom stereocenters. The molecule has 0 atom stereocenters. The Morgan fingerprint density at radius 1 is 1.21 bits per heavy atom. The Morgan fingerprint density at radius 3 is 2.58 bits per heavy atom. The lowest BCUT2D eigenvalue weighted by molar-refractivity contribution is -0.137. The summed E-state index contributed by atoms with van der Waals surface area (Å²) in [6.07, 6.45) is -3.13. The van der Waals surface area contributed by atoms with Gasteiger partial charge in [-0.15, -0.1) is 0 Å². The number of phenols is 1. The predicted octanol–water partition coefficient (Wildman–Crippen LogP) is 2.94.